The van der Waals surface area contributed by atoms with Crippen molar-refractivity contribution in [3.8, 4) is 44.5 Å². The highest BCUT2D eigenvalue weighted by molar-refractivity contribution is 9.10. The predicted molar refractivity (Wildman–Crippen MR) is 476 cm³/mol. The van der Waals surface area contributed by atoms with Crippen molar-refractivity contribution in [2.24, 2.45) is 0 Å². The van der Waals surface area contributed by atoms with E-state index < -0.39 is 10.8 Å². The molecule has 2 heteroatoms. The molecule has 4 aliphatic rings. The van der Waals surface area contributed by atoms with Crippen molar-refractivity contribution in [1.29, 1.82) is 0 Å². The fourth-order valence-corrected chi connectivity index (χ4v) is 21.4. The molecule has 0 saturated heterocycles. The van der Waals surface area contributed by atoms with Crippen LogP contribution in [0.3, 0.4) is 0 Å². The van der Waals surface area contributed by atoms with Gasteiger partial charge in [0.15, 0.2) is 0 Å². The quantitative estimate of drug-likeness (QED) is 0.0369. The minimum Gasteiger partial charge on any atom is -0.0654 e. The Morgan fingerprint density at radius 2 is 0.407 bits per heavy atom. The molecule has 0 bridgehead atoms. The molecule has 0 aromatic heterocycles. The lowest BCUT2D eigenvalue weighted by molar-refractivity contribution is 0.397. The number of fused-ring (bicyclic) bond motifs is 12. The maximum Gasteiger partial charge on any atom is 0.0714 e. The first-order chi connectivity index (χ1) is 51.7. The predicted octanol–water partition coefficient (Wildman–Crippen LogP) is 32.7. The molecule has 4 aliphatic carbocycles. The maximum atomic E-state index is 4.17. The Morgan fingerprint density at radius 1 is 0.213 bits per heavy atom. The van der Waals surface area contributed by atoms with E-state index in [0.29, 0.717) is 0 Å². The van der Waals surface area contributed by atoms with Crippen molar-refractivity contribution in [3.05, 3.63) is 268 Å². The first kappa shape index (κ1) is 80.0. The zero-order chi connectivity index (χ0) is 76.6. The van der Waals surface area contributed by atoms with Crippen LogP contribution < -0.4 is 0 Å². The van der Waals surface area contributed by atoms with Gasteiger partial charge in [-0.3, -0.25) is 0 Å². The third-order valence-electron chi connectivity index (χ3n) is 26.8. The average molecular weight is 1570 g/mol. The highest BCUT2D eigenvalue weighted by Gasteiger charge is 2.55. The summed E-state index contributed by atoms with van der Waals surface area (Å²) in [5.41, 5.74) is 32.2. The monoisotopic (exact) mass is 1560 g/mol. The van der Waals surface area contributed by atoms with E-state index in [0.717, 1.165) is 25.7 Å². The Labute approximate surface area is 673 Å². The number of hydrogen-bond donors (Lipinski definition) is 0. The molecule has 0 unspecified atom stereocenters. The Bertz CT molecular complexity index is 4150. The SMILES string of the molecule is CCCCCCCCC1(CCCCCCCC)c2cc(Br)ccc2-c2cc3c(cc21)-c1cc2c(cc1C3(c1ccc(C(C)(C)C)cc1)c1ccc(C(C)(C)C)cc1)-c1cc3c(cc1C2(c1ccc(C(C)(C)C)cc1)c1ccc(C(C)(C)C)cc1)-c1ccc(Br)cc1C3(CCCCCCCC)CCCCCCCC. The summed E-state index contributed by atoms with van der Waals surface area (Å²) in [5.74, 6) is 0. The molecule has 0 saturated carbocycles. The van der Waals surface area contributed by atoms with Gasteiger partial charge in [0.25, 0.3) is 0 Å². The minimum atomic E-state index is -0.701. The summed E-state index contributed by atoms with van der Waals surface area (Å²) in [7, 11) is 0. The van der Waals surface area contributed by atoms with Crippen molar-refractivity contribution in [2.75, 3.05) is 0 Å². The van der Waals surface area contributed by atoms with Crippen LogP contribution in [-0.4, -0.2) is 0 Å². The highest BCUT2D eigenvalue weighted by atomic mass is 79.9. The van der Waals surface area contributed by atoms with Gasteiger partial charge in [0.05, 0.1) is 10.8 Å². The summed E-state index contributed by atoms with van der Waals surface area (Å²) in [6.45, 7) is 38.0. The van der Waals surface area contributed by atoms with Gasteiger partial charge in [0.1, 0.15) is 0 Å². The topological polar surface area (TPSA) is 0 Å². The summed E-state index contributed by atoms with van der Waals surface area (Å²) < 4.78 is 2.38. The molecule has 0 aliphatic heterocycles. The van der Waals surface area contributed by atoms with E-state index in [1.807, 2.05) is 0 Å². The molecule has 9 aromatic rings. The summed E-state index contributed by atoms with van der Waals surface area (Å²) in [4.78, 5) is 0. The Kier molecular flexibility index (Phi) is 24.1. The Balaban J connectivity index is 1.18. The van der Waals surface area contributed by atoms with Crippen molar-refractivity contribution >= 4 is 31.9 Å². The summed E-state index contributed by atoms with van der Waals surface area (Å²) in [6.07, 6.45) is 35.5. The van der Waals surface area contributed by atoms with Crippen LogP contribution >= 0.6 is 31.9 Å². The highest BCUT2D eigenvalue weighted by Crippen LogP contribution is 2.68. The van der Waals surface area contributed by atoms with Gasteiger partial charge in [0.2, 0.25) is 0 Å². The van der Waals surface area contributed by atoms with Gasteiger partial charge in [-0.05, 0) is 242 Å². The van der Waals surface area contributed by atoms with Gasteiger partial charge in [-0.15, -0.1) is 0 Å². The molecule has 0 atom stereocenters. The molecule has 0 spiro atoms. The van der Waals surface area contributed by atoms with Crippen molar-refractivity contribution in [1.82, 2.24) is 0 Å². The van der Waals surface area contributed by atoms with Gasteiger partial charge in [-0.25, -0.2) is 0 Å². The molecule has 570 valence electrons. The van der Waals surface area contributed by atoms with Crippen molar-refractivity contribution in [3.63, 3.8) is 0 Å². The summed E-state index contributed by atoms with van der Waals surface area (Å²) in [6, 6.07) is 72.4. The second-order valence-electron chi connectivity index (χ2n) is 38.3. The van der Waals surface area contributed by atoms with Crippen LogP contribution in [-0.2, 0) is 43.3 Å². The van der Waals surface area contributed by atoms with E-state index in [9.17, 15) is 0 Å². The van der Waals surface area contributed by atoms with Gasteiger partial charge in [0, 0.05) is 19.8 Å². The normalized spacial score (nSPS) is 15.4. The molecular formula is C106H132Br2. The second kappa shape index (κ2) is 32.6. The zero-order valence-electron chi connectivity index (χ0n) is 69.7. The van der Waals surface area contributed by atoms with E-state index in [1.165, 1.54) is 274 Å². The van der Waals surface area contributed by atoms with Crippen LogP contribution in [0.15, 0.2) is 179 Å². The van der Waals surface area contributed by atoms with E-state index >= 15 is 0 Å². The van der Waals surface area contributed by atoms with Crippen LogP contribution in [0.2, 0.25) is 0 Å². The first-order valence-corrected chi connectivity index (χ1v) is 44.9. The number of benzene rings is 9. The van der Waals surface area contributed by atoms with Crippen LogP contribution in [0.4, 0.5) is 0 Å². The maximum absolute atomic E-state index is 4.17. The van der Waals surface area contributed by atoms with Gasteiger partial charge < -0.3 is 0 Å². The lowest BCUT2D eigenvalue weighted by Crippen LogP contribution is -2.30. The van der Waals surface area contributed by atoms with Crippen molar-refractivity contribution < 1.29 is 0 Å². The fourth-order valence-electron chi connectivity index (χ4n) is 20.7. The third kappa shape index (κ3) is 14.9. The van der Waals surface area contributed by atoms with Crippen LogP contribution in [0.1, 0.15) is 380 Å². The number of unbranched alkanes of at least 4 members (excludes halogenated alkanes) is 20. The number of halogens is 2. The zero-order valence-corrected chi connectivity index (χ0v) is 72.9. The smallest absolute Gasteiger partial charge is 0.0654 e. The van der Waals surface area contributed by atoms with Gasteiger partial charge in [-0.2, -0.15) is 0 Å². The standard InChI is InChI=1S/C106H132Br2/c1-17-21-25-29-33-37-61-103(62-38-34-30-26-22-18-2)91-65-81(107)57-59-83(91)85-69-95-87(67-93(85)103)89-71-98-90(72-97(89)105(95,77-49-41-73(42-50-77)99(5,6)7)78-51-43-74(44-52-78)100(8,9)10)88-68-94-86(84-60-58-82(108)66-92(84)104(94,63-39-35-31-27-23-19-3)64-40-36-32-28-24-20-4)70-96(88)106(98,79-53-45-75(46-54-79)101(11,12)13)80-55-47-76(48-56-80)102(14,15)16/h41-60,65-72H,17-40,61-64H2,1-16H3. The molecule has 9 aromatic carbocycles. The summed E-state index contributed by atoms with van der Waals surface area (Å²) in [5, 5.41) is 0. The van der Waals surface area contributed by atoms with E-state index in [4.69, 9.17) is 0 Å². The lowest BCUT2D eigenvalue weighted by Gasteiger charge is -2.37. The van der Waals surface area contributed by atoms with Gasteiger partial charge in [-0.1, -0.05) is 406 Å². The first-order valence-electron chi connectivity index (χ1n) is 43.3. The number of rotatable bonds is 32. The largest absolute Gasteiger partial charge is 0.0714 e. The molecule has 0 amide bonds. The molecule has 0 fully saturated rings. The van der Waals surface area contributed by atoms with E-state index in [2.05, 4.69) is 312 Å². The number of hydrogen-bond acceptors (Lipinski definition) is 0. The van der Waals surface area contributed by atoms with Crippen molar-refractivity contribution in [2.45, 2.75) is 334 Å². The Morgan fingerprint density at radius 3 is 0.630 bits per heavy atom. The van der Waals surface area contributed by atoms with Crippen LogP contribution in [0, 0.1) is 0 Å². The molecule has 13 rings (SSSR count). The molecule has 108 heavy (non-hydrogen) atoms. The third-order valence-corrected chi connectivity index (χ3v) is 27.8. The van der Waals surface area contributed by atoms with E-state index in [-0.39, 0.29) is 32.5 Å². The molecule has 0 N–H and O–H groups in total. The second-order valence-corrected chi connectivity index (χ2v) is 40.1. The molecular weight excluding hydrogens is 1430 g/mol. The average Bonchev–Trinajstić information content (AvgIpc) is 1.50. The van der Waals surface area contributed by atoms with Crippen LogP contribution in [0.25, 0.3) is 44.5 Å². The van der Waals surface area contributed by atoms with Crippen LogP contribution in [0.5, 0.6) is 0 Å². The Hall–Kier alpha value is -6.06. The molecule has 0 radical (unpaired) electrons. The fraction of sp³-hybridized carbons (Fsp3) is 0.491. The molecule has 0 nitrogen and oxygen atoms in total. The summed E-state index contributed by atoms with van der Waals surface area (Å²) >= 11 is 8.33. The van der Waals surface area contributed by atoms with E-state index in [1.54, 1.807) is 22.3 Å². The molecule has 0 heterocycles. The minimum absolute atomic E-state index is 0.0287. The van der Waals surface area contributed by atoms with Gasteiger partial charge >= 0.3 is 0 Å². The lowest BCUT2D eigenvalue weighted by atomic mass is 9.65.